The van der Waals surface area contributed by atoms with Crippen molar-refractivity contribution in [3.8, 4) is 45.3 Å². The van der Waals surface area contributed by atoms with Gasteiger partial charge in [-0.05, 0) is 51.5 Å². The van der Waals surface area contributed by atoms with Gasteiger partial charge in [0.25, 0.3) is 0 Å². The predicted octanol–water partition coefficient (Wildman–Crippen LogP) is 10.7. The third-order valence-corrected chi connectivity index (χ3v) is 7.52. The molecule has 0 aliphatic heterocycles. The van der Waals surface area contributed by atoms with Crippen molar-refractivity contribution >= 4 is 43.5 Å². The van der Waals surface area contributed by atoms with Gasteiger partial charge in [-0.2, -0.15) is 0 Å². The van der Waals surface area contributed by atoms with Gasteiger partial charge in [-0.25, -0.2) is 15.0 Å². The number of hydrogen-bond donors (Lipinski definition) is 0. The molecular weight excluding hydrogens is 550 g/mol. The third-order valence-electron chi connectivity index (χ3n) is 7.52. The summed E-state index contributed by atoms with van der Waals surface area (Å²) in [5.74, 6) is 0.263. The van der Waals surface area contributed by atoms with E-state index in [1.165, 1.54) is 0 Å². The molecule has 0 unspecified atom stereocenters. The number of fused-ring (bicyclic) bond motifs is 6. The van der Waals surface area contributed by atoms with E-state index >= 15 is 0 Å². The second kappa shape index (κ2) is 10.2. The Bertz CT molecular complexity index is 3250. The van der Waals surface area contributed by atoms with Gasteiger partial charge in [0.05, 0.1) is 17.8 Å². The molecule has 0 saturated carbocycles. The molecular formula is C41H25N3O. The molecule has 9 aromatic rings. The number of benzene rings is 7. The topological polar surface area (TPSA) is 51.8 Å². The standard InChI is InChI=1S/C41H25N3O/c1-3-11-26(12-4-1)30-21-22-34-36(25-30)45-38-33-18-10-9-17-31(33)24-35(37(34)38)41-43-39(28-14-5-2-6-15-28)42-40(44-41)32-20-19-27-13-7-8-16-29(27)23-32/h1-25H/i1D,3D,4D,9D,10D,11D,12D,17D,18D,21D,22D,24D,25D. The van der Waals surface area contributed by atoms with Crippen molar-refractivity contribution in [2.75, 3.05) is 0 Å². The van der Waals surface area contributed by atoms with Crippen LogP contribution in [-0.2, 0) is 0 Å². The third kappa shape index (κ3) is 4.35. The molecule has 0 fully saturated rings. The number of furan rings is 1. The van der Waals surface area contributed by atoms with E-state index in [0.29, 0.717) is 11.1 Å². The van der Waals surface area contributed by atoms with Crippen molar-refractivity contribution in [2.24, 2.45) is 0 Å². The first-order valence-corrected chi connectivity index (χ1v) is 14.0. The number of nitrogens with zero attached hydrogens (tertiary/aromatic N) is 3. The highest BCUT2D eigenvalue weighted by atomic mass is 16.3. The highest BCUT2D eigenvalue weighted by Gasteiger charge is 2.20. The van der Waals surface area contributed by atoms with Crippen molar-refractivity contribution in [2.45, 2.75) is 0 Å². The van der Waals surface area contributed by atoms with Gasteiger partial charge in [0.2, 0.25) is 0 Å². The smallest absolute Gasteiger partial charge is 0.164 e. The molecule has 0 spiro atoms. The van der Waals surface area contributed by atoms with Crippen LogP contribution in [0.15, 0.2) is 156 Å². The summed E-state index contributed by atoms with van der Waals surface area (Å²) < 4.78 is 120. The van der Waals surface area contributed by atoms with E-state index in [-0.39, 0.29) is 55.7 Å². The molecule has 0 aliphatic carbocycles. The average Bonchev–Trinajstić information content (AvgIpc) is 3.63. The highest BCUT2D eigenvalue weighted by molar-refractivity contribution is 6.21. The molecule has 0 amide bonds. The van der Waals surface area contributed by atoms with Crippen LogP contribution in [0.4, 0.5) is 0 Å². The minimum absolute atomic E-state index is 0.0909. The summed E-state index contributed by atoms with van der Waals surface area (Å²) in [4.78, 5) is 14.5. The first-order chi connectivity index (χ1) is 27.7. The molecule has 4 heteroatoms. The van der Waals surface area contributed by atoms with Gasteiger partial charge in [0.15, 0.2) is 17.5 Å². The lowest BCUT2D eigenvalue weighted by Gasteiger charge is -2.11. The summed E-state index contributed by atoms with van der Waals surface area (Å²) in [7, 11) is 0. The Morgan fingerprint density at radius 3 is 2.09 bits per heavy atom. The Morgan fingerprint density at radius 1 is 0.489 bits per heavy atom. The van der Waals surface area contributed by atoms with Crippen LogP contribution in [0.3, 0.4) is 0 Å². The SMILES string of the molecule is [2H]c1c([2H])c([2H])c(-c2c([2H])c([2H])c3c(oc4c5c([2H])c([2H])c([2H])c([2H])c5c([2H])c(-c5nc(-c6ccccc6)nc(-c6ccc7ccccc7c6)n5)c43)c2[2H])c([2H])c1[2H]. The molecule has 0 saturated heterocycles. The highest BCUT2D eigenvalue weighted by Crippen LogP contribution is 2.42. The van der Waals surface area contributed by atoms with Crippen molar-refractivity contribution in [3.05, 3.63) is 151 Å². The molecule has 2 aromatic heterocycles. The van der Waals surface area contributed by atoms with Gasteiger partial charge in [-0.1, -0.05) is 127 Å². The average molecular weight is 589 g/mol. The lowest BCUT2D eigenvalue weighted by molar-refractivity contribution is 0.673. The lowest BCUT2D eigenvalue weighted by atomic mass is 9.98. The van der Waals surface area contributed by atoms with Crippen LogP contribution in [0.5, 0.6) is 0 Å². The van der Waals surface area contributed by atoms with Crippen LogP contribution in [0.1, 0.15) is 17.8 Å². The van der Waals surface area contributed by atoms with E-state index in [0.717, 1.165) is 10.8 Å². The Hall–Kier alpha value is -6.13. The minimum atomic E-state index is -0.708. The van der Waals surface area contributed by atoms with Crippen molar-refractivity contribution in [1.82, 2.24) is 15.0 Å². The Kier molecular flexibility index (Phi) is 3.54. The zero-order chi connectivity index (χ0) is 41.1. The summed E-state index contributed by atoms with van der Waals surface area (Å²) in [5.41, 5.74) is -0.555. The molecule has 0 aliphatic rings. The van der Waals surface area contributed by atoms with Crippen LogP contribution in [0, 0.1) is 0 Å². The normalized spacial score (nSPS) is 15.6. The molecule has 0 bridgehead atoms. The Balaban J connectivity index is 1.47. The van der Waals surface area contributed by atoms with Gasteiger partial charge >= 0.3 is 0 Å². The fraction of sp³-hybridized carbons (Fsp3) is 0. The van der Waals surface area contributed by atoms with E-state index in [2.05, 4.69) is 0 Å². The van der Waals surface area contributed by atoms with Gasteiger partial charge in [0.1, 0.15) is 11.2 Å². The molecule has 0 atom stereocenters. The molecule has 0 radical (unpaired) electrons. The predicted molar refractivity (Wildman–Crippen MR) is 184 cm³/mol. The summed E-state index contributed by atoms with van der Waals surface area (Å²) in [5, 5.41) is 1.09. The maximum absolute atomic E-state index is 9.66. The van der Waals surface area contributed by atoms with Gasteiger partial charge in [-0.15, -0.1) is 0 Å². The molecule has 7 aromatic carbocycles. The molecule has 45 heavy (non-hydrogen) atoms. The van der Waals surface area contributed by atoms with E-state index in [9.17, 15) is 4.11 Å². The van der Waals surface area contributed by atoms with Crippen molar-refractivity contribution in [1.29, 1.82) is 0 Å². The first kappa shape index (κ1) is 15.6. The monoisotopic (exact) mass is 588 g/mol. The second-order valence-electron chi connectivity index (χ2n) is 10.2. The second-order valence-corrected chi connectivity index (χ2v) is 10.2. The molecule has 0 N–H and O–H groups in total. The largest absolute Gasteiger partial charge is 0.455 e. The number of hydrogen-bond acceptors (Lipinski definition) is 4. The maximum atomic E-state index is 9.66. The fourth-order valence-electron chi connectivity index (χ4n) is 5.42. The maximum Gasteiger partial charge on any atom is 0.164 e. The van der Waals surface area contributed by atoms with Crippen LogP contribution >= 0.6 is 0 Å². The van der Waals surface area contributed by atoms with Crippen LogP contribution in [-0.4, -0.2) is 15.0 Å². The zero-order valence-electron chi connectivity index (χ0n) is 36.2. The fourth-order valence-corrected chi connectivity index (χ4v) is 5.42. The Labute approximate surface area is 277 Å². The lowest BCUT2D eigenvalue weighted by Crippen LogP contribution is -2.00. The van der Waals surface area contributed by atoms with Crippen LogP contribution in [0.25, 0.3) is 88.8 Å². The summed E-state index contributed by atoms with van der Waals surface area (Å²) in [6.45, 7) is 0. The molecule has 9 rings (SSSR count). The van der Waals surface area contributed by atoms with Gasteiger partial charge in [0, 0.05) is 32.8 Å². The molecule has 4 nitrogen and oxygen atoms in total. The van der Waals surface area contributed by atoms with Crippen LogP contribution in [0.2, 0.25) is 0 Å². The number of rotatable bonds is 4. The van der Waals surface area contributed by atoms with E-state index in [1.54, 1.807) is 24.3 Å². The molecule has 210 valence electrons. The van der Waals surface area contributed by atoms with Crippen molar-refractivity contribution < 1.29 is 22.2 Å². The van der Waals surface area contributed by atoms with E-state index in [4.69, 9.17) is 33.1 Å². The van der Waals surface area contributed by atoms with Crippen molar-refractivity contribution in [3.63, 3.8) is 0 Å². The quantitative estimate of drug-likeness (QED) is 0.205. The Morgan fingerprint density at radius 2 is 1.22 bits per heavy atom. The summed E-state index contributed by atoms with van der Waals surface area (Å²) >= 11 is 0. The van der Waals surface area contributed by atoms with Gasteiger partial charge < -0.3 is 4.42 Å². The van der Waals surface area contributed by atoms with Crippen LogP contribution < -0.4 is 0 Å². The zero-order valence-corrected chi connectivity index (χ0v) is 23.2. The minimum Gasteiger partial charge on any atom is -0.455 e. The first-order valence-electron chi connectivity index (χ1n) is 20.5. The number of aromatic nitrogens is 3. The van der Waals surface area contributed by atoms with E-state index in [1.807, 2.05) is 48.5 Å². The summed E-state index contributed by atoms with van der Waals surface area (Å²) in [6, 6.07) is 14.1. The van der Waals surface area contributed by atoms with Gasteiger partial charge in [-0.3, -0.25) is 0 Å². The van der Waals surface area contributed by atoms with E-state index < -0.39 is 89.7 Å². The molecule has 2 heterocycles. The summed E-state index contributed by atoms with van der Waals surface area (Å²) in [6.07, 6.45) is 0.